The fourth-order valence-electron chi connectivity index (χ4n) is 3.21. The van der Waals surface area contributed by atoms with Crippen LogP contribution >= 0.6 is 0 Å². The standard InChI is InChI=1S/C18H24N4O3/c1-13-3-4-14-15(11-13)18(25)22(17(14)24)12-16(23)20-5-2-8-21-9-6-19-7-10-21/h3-4,11,19H,2,5-10,12H2,1H3,(H,20,23). The van der Waals surface area contributed by atoms with Gasteiger partial charge in [0.2, 0.25) is 5.91 Å². The number of hydrogen-bond acceptors (Lipinski definition) is 5. The third kappa shape index (κ3) is 4.05. The first kappa shape index (κ1) is 17.6. The SMILES string of the molecule is Cc1ccc2c(c1)C(=O)N(CC(=O)NCCCN1CCNCC1)C2=O. The number of aryl methyl sites for hydroxylation is 1. The summed E-state index contributed by atoms with van der Waals surface area (Å²) in [5.41, 5.74) is 1.68. The molecule has 7 nitrogen and oxygen atoms in total. The second-order valence-corrected chi connectivity index (χ2v) is 6.54. The molecular formula is C18H24N4O3. The smallest absolute Gasteiger partial charge is 0.262 e. The van der Waals surface area contributed by atoms with Crippen LogP contribution in [0.15, 0.2) is 18.2 Å². The lowest BCUT2D eigenvalue weighted by molar-refractivity contribution is -0.121. The van der Waals surface area contributed by atoms with Gasteiger partial charge in [0.15, 0.2) is 0 Å². The molecule has 0 spiro atoms. The number of piperazine rings is 1. The molecule has 7 heteroatoms. The molecule has 0 saturated carbocycles. The molecule has 1 aromatic carbocycles. The summed E-state index contributed by atoms with van der Waals surface area (Å²) < 4.78 is 0. The van der Waals surface area contributed by atoms with E-state index < -0.39 is 5.91 Å². The van der Waals surface area contributed by atoms with Gasteiger partial charge in [0.05, 0.1) is 11.1 Å². The molecule has 3 rings (SSSR count). The summed E-state index contributed by atoms with van der Waals surface area (Å²) in [7, 11) is 0. The highest BCUT2D eigenvalue weighted by Crippen LogP contribution is 2.23. The lowest BCUT2D eigenvalue weighted by Gasteiger charge is -2.27. The second kappa shape index (κ2) is 7.76. The van der Waals surface area contributed by atoms with Crippen molar-refractivity contribution in [3.05, 3.63) is 34.9 Å². The van der Waals surface area contributed by atoms with Crippen molar-refractivity contribution in [2.75, 3.05) is 45.8 Å². The molecular weight excluding hydrogens is 320 g/mol. The number of carbonyl (C=O) groups excluding carboxylic acids is 3. The number of fused-ring (bicyclic) bond motifs is 1. The van der Waals surface area contributed by atoms with Crippen molar-refractivity contribution < 1.29 is 14.4 Å². The number of rotatable bonds is 6. The fraction of sp³-hybridized carbons (Fsp3) is 0.500. The van der Waals surface area contributed by atoms with Crippen molar-refractivity contribution in [3.8, 4) is 0 Å². The van der Waals surface area contributed by atoms with Crippen molar-refractivity contribution in [2.24, 2.45) is 0 Å². The molecule has 0 aliphatic carbocycles. The number of carbonyl (C=O) groups is 3. The molecule has 0 atom stereocenters. The molecule has 0 aromatic heterocycles. The van der Waals surface area contributed by atoms with Crippen molar-refractivity contribution in [3.63, 3.8) is 0 Å². The van der Waals surface area contributed by atoms with E-state index in [0.717, 1.165) is 49.6 Å². The summed E-state index contributed by atoms with van der Waals surface area (Å²) in [4.78, 5) is 40.1. The lowest BCUT2D eigenvalue weighted by atomic mass is 10.1. The van der Waals surface area contributed by atoms with Gasteiger partial charge < -0.3 is 15.5 Å². The zero-order valence-corrected chi connectivity index (χ0v) is 14.5. The monoisotopic (exact) mass is 344 g/mol. The maximum Gasteiger partial charge on any atom is 0.262 e. The van der Waals surface area contributed by atoms with Crippen LogP contribution < -0.4 is 10.6 Å². The van der Waals surface area contributed by atoms with E-state index in [2.05, 4.69) is 15.5 Å². The van der Waals surface area contributed by atoms with Crippen molar-refractivity contribution in [1.29, 1.82) is 0 Å². The Hall–Kier alpha value is -2.25. The van der Waals surface area contributed by atoms with Gasteiger partial charge in [0, 0.05) is 32.7 Å². The third-order valence-electron chi connectivity index (χ3n) is 4.61. The van der Waals surface area contributed by atoms with E-state index in [9.17, 15) is 14.4 Å². The Balaban J connectivity index is 1.45. The van der Waals surface area contributed by atoms with Crippen molar-refractivity contribution in [2.45, 2.75) is 13.3 Å². The molecule has 3 amide bonds. The van der Waals surface area contributed by atoms with Gasteiger partial charge in [-0.15, -0.1) is 0 Å². The van der Waals surface area contributed by atoms with Crippen LogP contribution in [-0.2, 0) is 4.79 Å². The third-order valence-corrected chi connectivity index (χ3v) is 4.61. The predicted molar refractivity (Wildman–Crippen MR) is 93.5 cm³/mol. The van der Waals surface area contributed by atoms with Gasteiger partial charge in [-0.2, -0.15) is 0 Å². The summed E-state index contributed by atoms with van der Waals surface area (Å²) >= 11 is 0. The Morgan fingerprint density at radius 1 is 1.16 bits per heavy atom. The lowest BCUT2D eigenvalue weighted by Crippen LogP contribution is -2.44. The Morgan fingerprint density at radius 2 is 1.88 bits per heavy atom. The van der Waals surface area contributed by atoms with Gasteiger partial charge in [0.1, 0.15) is 6.54 Å². The first-order chi connectivity index (χ1) is 12.1. The van der Waals surface area contributed by atoms with E-state index >= 15 is 0 Å². The zero-order chi connectivity index (χ0) is 17.8. The van der Waals surface area contributed by atoms with Crippen LogP contribution in [0, 0.1) is 6.92 Å². The fourth-order valence-corrected chi connectivity index (χ4v) is 3.21. The van der Waals surface area contributed by atoms with Gasteiger partial charge in [-0.1, -0.05) is 11.6 Å². The minimum atomic E-state index is -0.393. The molecule has 0 radical (unpaired) electrons. The van der Waals surface area contributed by atoms with Crippen LogP contribution in [0.25, 0.3) is 0 Å². The van der Waals surface area contributed by atoms with E-state index in [0.29, 0.717) is 17.7 Å². The molecule has 2 aliphatic heterocycles. The van der Waals surface area contributed by atoms with Gasteiger partial charge in [-0.05, 0) is 32.0 Å². The van der Waals surface area contributed by atoms with Crippen LogP contribution in [0.1, 0.15) is 32.7 Å². The van der Waals surface area contributed by atoms with Gasteiger partial charge in [-0.3, -0.25) is 19.3 Å². The zero-order valence-electron chi connectivity index (χ0n) is 14.5. The van der Waals surface area contributed by atoms with Gasteiger partial charge >= 0.3 is 0 Å². The summed E-state index contributed by atoms with van der Waals surface area (Å²) in [5, 5.41) is 6.10. The van der Waals surface area contributed by atoms with Gasteiger partial charge in [-0.25, -0.2) is 0 Å². The second-order valence-electron chi connectivity index (χ2n) is 6.54. The molecule has 2 heterocycles. The number of imide groups is 1. The highest BCUT2D eigenvalue weighted by molar-refractivity contribution is 6.22. The number of amides is 3. The minimum Gasteiger partial charge on any atom is -0.354 e. The number of nitrogens with zero attached hydrogens (tertiary/aromatic N) is 2. The van der Waals surface area contributed by atoms with E-state index in [1.54, 1.807) is 18.2 Å². The molecule has 2 N–H and O–H groups in total. The quantitative estimate of drug-likeness (QED) is 0.561. The summed E-state index contributed by atoms with van der Waals surface area (Å²) in [6.07, 6.45) is 0.854. The average Bonchev–Trinajstić information content (AvgIpc) is 2.84. The van der Waals surface area contributed by atoms with Crippen molar-refractivity contribution in [1.82, 2.24) is 20.4 Å². The van der Waals surface area contributed by atoms with Crippen LogP contribution in [0.4, 0.5) is 0 Å². The first-order valence-electron chi connectivity index (χ1n) is 8.73. The summed E-state index contributed by atoms with van der Waals surface area (Å²) in [6.45, 7) is 7.20. The Morgan fingerprint density at radius 3 is 2.64 bits per heavy atom. The van der Waals surface area contributed by atoms with E-state index in [1.165, 1.54) is 0 Å². The van der Waals surface area contributed by atoms with Crippen LogP contribution in [0.3, 0.4) is 0 Å². The number of benzene rings is 1. The molecule has 1 saturated heterocycles. The molecule has 134 valence electrons. The largest absolute Gasteiger partial charge is 0.354 e. The maximum absolute atomic E-state index is 12.3. The Labute approximate surface area is 147 Å². The summed E-state index contributed by atoms with van der Waals surface area (Å²) in [5.74, 6) is -1.08. The topological polar surface area (TPSA) is 81.8 Å². The Kier molecular flexibility index (Phi) is 5.45. The predicted octanol–water partition coefficient (Wildman–Crippen LogP) is 0.00252. The highest BCUT2D eigenvalue weighted by atomic mass is 16.2. The minimum absolute atomic E-state index is 0.223. The van der Waals surface area contributed by atoms with E-state index in [4.69, 9.17) is 0 Å². The van der Waals surface area contributed by atoms with E-state index in [1.807, 2.05) is 6.92 Å². The molecule has 1 fully saturated rings. The molecule has 0 unspecified atom stereocenters. The normalized spacial score (nSPS) is 17.7. The van der Waals surface area contributed by atoms with E-state index in [-0.39, 0.29) is 18.4 Å². The average molecular weight is 344 g/mol. The first-order valence-corrected chi connectivity index (χ1v) is 8.73. The number of nitrogens with one attached hydrogen (secondary N) is 2. The summed E-state index contributed by atoms with van der Waals surface area (Å²) in [6, 6.07) is 5.14. The van der Waals surface area contributed by atoms with Crippen LogP contribution in [-0.4, -0.2) is 73.3 Å². The van der Waals surface area contributed by atoms with Crippen LogP contribution in [0.5, 0.6) is 0 Å². The molecule has 0 bridgehead atoms. The molecule has 1 aromatic rings. The molecule has 2 aliphatic rings. The number of hydrogen-bond donors (Lipinski definition) is 2. The van der Waals surface area contributed by atoms with Crippen LogP contribution in [0.2, 0.25) is 0 Å². The van der Waals surface area contributed by atoms with Crippen molar-refractivity contribution >= 4 is 17.7 Å². The highest BCUT2D eigenvalue weighted by Gasteiger charge is 2.36. The molecule has 25 heavy (non-hydrogen) atoms. The Bertz CT molecular complexity index is 683. The van der Waals surface area contributed by atoms with Gasteiger partial charge in [0.25, 0.3) is 11.8 Å². The maximum atomic E-state index is 12.3.